The van der Waals surface area contributed by atoms with E-state index in [9.17, 15) is 0 Å². The Labute approximate surface area is 84.9 Å². The van der Waals surface area contributed by atoms with E-state index in [-0.39, 0.29) is 0 Å². The smallest absolute Gasteiger partial charge is 0.152 e. The van der Waals surface area contributed by atoms with Crippen molar-refractivity contribution in [3.05, 3.63) is 17.8 Å². The van der Waals surface area contributed by atoms with Gasteiger partial charge in [0.05, 0.1) is 5.69 Å². The number of rotatable bonds is 1. The average Bonchev–Trinajstić information content (AvgIpc) is 2.57. The van der Waals surface area contributed by atoms with E-state index in [0.717, 1.165) is 23.6 Å². The molecule has 76 valence electrons. The molecule has 3 heteroatoms. The van der Waals surface area contributed by atoms with Crippen LogP contribution in [0.2, 0.25) is 0 Å². The molecular formula is C11H17N3. The van der Waals surface area contributed by atoms with Gasteiger partial charge in [-0.25, -0.2) is 4.98 Å². The lowest BCUT2D eigenvalue weighted by Crippen LogP contribution is -2.28. The van der Waals surface area contributed by atoms with Gasteiger partial charge in [0.25, 0.3) is 0 Å². The second-order valence-electron chi connectivity index (χ2n) is 4.05. The molecule has 1 aliphatic rings. The maximum atomic E-state index is 6.02. The van der Waals surface area contributed by atoms with Crippen LogP contribution in [0.25, 0.3) is 0 Å². The molecular weight excluding hydrogens is 174 g/mol. The van der Waals surface area contributed by atoms with E-state index in [1.54, 1.807) is 0 Å². The third-order valence-electron chi connectivity index (χ3n) is 3.01. The fourth-order valence-corrected chi connectivity index (χ4v) is 2.03. The molecule has 0 radical (unpaired) electrons. The number of nitrogens with two attached hydrogens (primary N) is 1. The second kappa shape index (κ2) is 3.48. The van der Waals surface area contributed by atoms with Crippen LogP contribution >= 0.6 is 0 Å². The van der Waals surface area contributed by atoms with Gasteiger partial charge in [0.2, 0.25) is 0 Å². The number of anilines is 2. The van der Waals surface area contributed by atoms with E-state index in [2.05, 4.69) is 16.8 Å². The number of aromatic nitrogens is 1. The molecule has 0 spiro atoms. The highest BCUT2D eigenvalue weighted by Gasteiger charge is 2.23. The van der Waals surface area contributed by atoms with Gasteiger partial charge >= 0.3 is 0 Å². The molecule has 0 bridgehead atoms. The van der Waals surface area contributed by atoms with Crippen LogP contribution in [0.5, 0.6) is 0 Å². The van der Waals surface area contributed by atoms with E-state index in [1.165, 1.54) is 12.8 Å². The largest absolute Gasteiger partial charge is 0.396 e. The van der Waals surface area contributed by atoms with Gasteiger partial charge in [0, 0.05) is 18.8 Å². The lowest BCUT2D eigenvalue weighted by Gasteiger charge is -2.24. The van der Waals surface area contributed by atoms with Gasteiger partial charge in [0.1, 0.15) is 0 Å². The molecule has 1 aliphatic heterocycles. The summed E-state index contributed by atoms with van der Waals surface area (Å²) in [5, 5.41) is 0. The molecule has 2 rings (SSSR count). The highest BCUT2D eigenvalue weighted by Crippen LogP contribution is 2.29. The summed E-state index contributed by atoms with van der Waals surface area (Å²) < 4.78 is 0. The first-order chi connectivity index (χ1) is 6.70. The van der Waals surface area contributed by atoms with Gasteiger partial charge in [-0.05, 0) is 38.3 Å². The first kappa shape index (κ1) is 9.31. The van der Waals surface area contributed by atoms with Gasteiger partial charge < -0.3 is 10.6 Å². The first-order valence-electron chi connectivity index (χ1n) is 5.18. The fraction of sp³-hybridized carbons (Fsp3) is 0.545. The van der Waals surface area contributed by atoms with Gasteiger partial charge in [0.15, 0.2) is 5.82 Å². The Morgan fingerprint density at radius 3 is 3.00 bits per heavy atom. The van der Waals surface area contributed by atoms with E-state index in [0.29, 0.717) is 6.04 Å². The van der Waals surface area contributed by atoms with Crippen LogP contribution in [0.1, 0.15) is 25.3 Å². The molecule has 1 aromatic heterocycles. The Morgan fingerprint density at radius 1 is 1.57 bits per heavy atom. The molecule has 2 N–H and O–H groups in total. The summed E-state index contributed by atoms with van der Waals surface area (Å²) in [4.78, 5) is 6.68. The summed E-state index contributed by atoms with van der Waals surface area (Å²) >= 11 is 0. The van der Waals surface area contributed by atoms with Gasteiger partial charge in [-0.2, -0.15) is 0 Å². The van der Waals surface area contributed by atoms with Gasteiger partial charge in [-0.15, -0.1) is 0 Å². The molecule has 1 atom stereocenters. The Balaban J connectivity index is 2.36. The highest BCUT2D eigenvalue weighted by atomic mass is 15.2. The minimum atomic E-state index is 0.576. The van der Waals surface area contributed by atoms with Crippen molar-refractivity contribution in [2.75, 3.05) is 17.2 Å². The summed E-state index contributed by atoms with van der Waals surface area (Å²) in [5.74, 6) is 0.968. The third-order valence-corrected chi connectivity index (χ3v) is 3.01. The van der Waals surface area contributed by atoms with Crippen molar-refractivity contribution in [2.45, 2.75) is 32.7 Å². The van der Waals surface area contributed by atoms with Crippen molar-refractivity contribution in [2.24, 2.45) is 0 Å². The minimum Gasteiger partial charge on any atom is -0.396 e. The average molecular weight is 191 g/mol. The van der Waals surface area contributed by atoms with Crippen molar-refractivity contribution in [1.82, 2.24) is 4.98 Å². The Kier molecular flexibility index (Phi) is 2.32. The molecule has 14 heavy (non-hydrogen) atoms. The van der Waals surface area contributed by atoms with Crippen molar-refractivity contribution in [1.29, 1.82) is 0 Å². The van der Waals surface area contributed by atoms with E-state index >= 15 is 0 Å². The van der Waals surface area contributed by atoms with Crippen LogP contribution in [0, 0.1) is 6.92 Å². The summed E-state index contributed by atoms with van der Waals surface area (Å²) in [6, 6.07) is 2.53. The van der Waals surface area contributed by atoms with Crippen LogP contribution in [0.3, 0.4) is 0 Å². The van der Waals surface area contributed by atoms with Crippen molar-refractivity contribution < 1.29 is 0 Å². The predicted molar refractivity (Wildman–Crippen MR) is 59.4 cm³/mol. The maximum Gasteiger partial charge on any atom is 0.152 e. The number of pyridine rings is 1. The zero-order chi connectivity index (χ0) is 10.1. The quantitative estimate of drug-likeness (QED) is 0.737. The molecule has 2 heterocycles. The molecule has 3 nitrogen and oxygen atoms in total. The van der Waals surface area contributed by atoms with Gasteiger partial charge in [-0.3, -0.25) is 0 Å². The molecule has 0 aliphatic carbocycles. The van der Waals surface area contributed by atoms with Crippen LogP contribution in [-0.2, 0) is 0 Å². The van der Waals surface area contributed by atoms with E-state index in [4.69, 9.17) is 5.73 Å². The van der Waals surface area contributed by atoms with Crippen molar-refractivity contribution in [3.8, 4) is 0 Å². The zero-order valence-electron chi connectivity index (χ0n) is 8.83. The van der Waals surface area contributed by atoms with Crippen LogP contribution in [0.15, 0.2) is 12.3 Å². The fourth-order valence-electron chi connectivity index (χ4n) is 2.03. The number of nitrogens with zero attached hydrogens (tertiary/aromatic N) is 2. The molecule has 0 aromatic carbocycles. The molecule has 1 saturated heterocycles. The monoisotopic (exact) mass is 191 g/mol. The Bertz CT molecular complexity index is 335. The number of hydrogen-bond donors (Lipinski definition) is 1. The summed E-state index contributed by atoms with van der Waals surface area (Å²) in [5.41, 5.74) is 7.97. The number of hydrogen-bond acceptors (Lipinski definition) is 3. The lowest BCUT2D eigenvalue weighted by molar-refractivity contribution is 0.728. The standard InChI is InChI=1S/C11H17N3/c1-8-5-6-13-11(10(8)12)14-7-3-4-9(14)2/h5-6,9H,3-4,7,12H2,1-2H3. The molecule has 0 amide bonds. The minimum absolute atomic E-state index is 0.576. The van der Waals surface area contributed by atoms with E-state index < -0.39 is 0 Å². The highest BCUT2D eigenvalue weighted by molar-refractivity contribution is 5.67. The van der Waals surface area contributed by atoms with Crippen molar-refractivity contribution in [3.63, 3.8) is 0 Å². The lowest BCUT2D eigenvalue weighted by atomic mass is 10.2. The third kappa shape index (κ3) is 1.43. The topological polar surface area (TPSA) is 42.2 Å². The molecule has 1 unspecified atom stereocenters. The zero-order valence-corrected chi connectivity index (χ0v) is 8.83. The molecule has 0 saturated carbocycles. The summed E-state index contributed by atoms with van der Waals surface area (Å²) in [6.45, 7) is 5.35. The van der Waals surface area contributed by atoms with Gasteiger partial charge in [-0.1, -0.05) is 0 Å². The number of aryl methyl sites for hydroxylation is 1. The Hall–Kier alpha value is -1.25. The Morgan fingerprint density at radius 2 is 2.36 bits per heavy atom. The van der Waals surface area contributed by atoms with Crippen LogP contribution in [0.4, 0.5) is 11.5 Å². The van der Waals surface area contributed by atoms with Crippen molar-refractivity contribution >= 4 is 11.5 Å². The summed E-state index contributed by atoms with van der Waals surface area (Å²) in [7, 11) is 0. The number of nitrogen functional groups attached to an aromatic ring is 1. The SMILES string of the molecule is Cc1ccnc(N2CCCC2C)c1N. The second-order valence-corrected chi connectivity index (χ2v) is 4.05. The first-order valence-corrected chi connectivity index (χ1v) is 5.18. The molecule has 1 fully saturated rings. The predicted octanol–water partition coefficient (Wildman–Crippen LogP) is 1.96. The molecule has 1 aromatic rings. The normalized spacial score (nSPS) is 21.6. The van der Waals surface area contributed by atoms with Crippen LogP contribution in [-0.4, -0.2) is 17.6 Å². The van der Waals surface area contributed by atoms with Crippen LogP contribution < -0.4 is 10.6 Å². The van der Waals surface area contributed by atoms with E-state index in [1.807, 2.05) is 19.2 Å². The summed E-state index contributed by atoms with van der Waals surface area (Å²) in [6.07, 6.45) is 4.33. The maximum absolute atomic E-state index is 6.02.